The van der Waals surface area contributed by atoms with Gasteiger partial charge in [-0.3, -0.25) is 15.1 Å². The Hall–Kier alpha value is -2.54. The Kier molecular flexibility index (Phi) is 3.96. The number of amides is 1. The van der Waals surface area contributed by atoms with Crippen molar-refractivity contribution in [3.05, 3.63) is 29.5 Å². The van der Waals surface area contributed by atoms with Crippen molar-refractivity contribution >= 4 is 28.5 Å². The molecule has 122 valence electrons. The van der Waals surface area contributed by atoms with E-state index in [2.05, 4.69) is 22.0 Å². The Balaban J connectivity index is 2.05. The lowest BCUT2D eigenvalue weighted by Gasteiger charge is -2.29. The van der Waals surface area contributed by atoms with E-state index in [9.17, 15) is 4.79 Å². The molecule has 1 aliphatic heterocycles. The van der Waals surface area contributed by atoms with Crippen LogP contribution in [0.4, 0.5) is 5.69 Å². The van der Waals surface area contributed by atoms with E-state index in [1.807, 2.05) is 13.0 Å². The number of H-pyrrole nitrogens is 1. The summed E-state index contributed by atoms with van der Waals surface area (Å²) < 4.78 is 5.41. The zero-order valence-corrected chi connectivity index (χ0v) is 13.3. The summed E-state index contributed by atoms with van der Waals surface area (Å²) in [6.07, 6.45) is 0. The molecule has 7 heteroatoms. The minimum absolute atomic E-state index is 0.279. The molecule has 0 atom stereocenters. The van der Waals surface area contributed by atoms with E-state index in [0.29, 0.717) is 18.9 Å². The summed E-state index contributed by atoms with van der Waals surface area (Å²) in [4.78, 5) is 19.0. The van der Waals surface area contributed by atoms with Crippen LogP contribution >= 0.6 is 0 Å². The van der Waals surface area contributed by atoms with Crippen LogP contribution in [0.1, 0.15) is 16.1 Å². The number of aromatic amines is 1. The Morgan fingerprint density at radius 3 is 2.74 bits per heavy atom. The Bertz CT molecular complexity index is 761. The molecule has 0 radical (unpaired) electrons. The van der Waals surface area contributed by atoms with Crippen LogP contribution in [0.15, 0.2) is 18.2 Å². The fraction of sp³-hybridized carbons (Fsp3) is 0.375. The summed E-state index contributed by atoms with van der Waals surface area (Å²) in [7, 11) is 1.49. The van der Waals surface area contributed by atoms with Gasteiger partial charge in [-0.25, -0.2) is 0 Å². The second-order valence-electron chi connectivity index (χ2n) is 5.72. The molecule has 0 spiro atoms. The van der Waals surface area contributed by atoms with Crippen LogP contribution in [-0.2, 0) is 4.74 Å². The Morgan fingerprint density at radius 1 is 1.39 bits per heavy atom. The van der Waals surface area contributed by atoms with Gasteiger partial charge < -0.3 is 20.4 Å². The van der Waals surface area contributed by atoms with E-state index >= 15 is 0 Å². The number of hydrogen-bond acceptors (Lipinski definition) is 4. The molecule has 0 aliphatic carbocycles. The highest BCUT2D eigenvalue weighted by molar-refractivity contribution is 6.07. The summed E-state index contributed by atoms with van der Waals surface area (Å²) in [5.74, 6) is -0.597. The largest absolute Gasteiger partial charge is 0.378 e. The minimum atomic E-state index is -0.318. The van der Waals surface area contributed by atoms with Gasteiger partial charge in [-0.05, 0) is 24.6 Å². The predicted octanol–water partition coefficient (Wildman–Crippen LogP) is 1.28. The van der Waals surface area contributed by atoms with Gasteiger partial charge in [-0.2, -0.15) is 0 Å². The van der Waals surface area contributed by atoms with Crippen molar-refractivity contribution < 1.29 is 9.53 Å². The highest BCUT2D eigenvalue weighted by Gasteiger charge is 2.20. The zero-order valence-electron chi connectivity index (χ0n) is 13.3. The van der Waals surface area contributed by atoms with Gasteiger partial charge in [0.2, 0.25) is 0 Å². The number of carbonyl (C=O) groups is 1. The summed E-state index contributed by atoms with van der Waals surface area (Å²) in [6.45, 7) is 5.08. The molecule has 7 nitrogen and oxygen atoms in total. The monoisotopic (exact) mass is 315 g/mol. The molecular weight excluding hydrogens is 294 g/mol. The smallest absolute Gasteiger partial charge is 0.276 e. The van der Waals surface area contributed by atoms with Gasteiger partial charge in [-0.15, -0.1) is 0 Å². The van der Waals surface area contributed by atoms with Crippen LogP contribution in [0, 0.1) is 12.3 Å². The van der Waals surface area contributed by atoms with Crippen LogP contribution in [-0.4, -0.2) is 55.1 Å². The van der Waals surface area contributed by atoms with Crippen LogP contribution < -0.4 is 10.6 Å². The quantitative estimate of drug-likeness (QED) is 0.574. The third kappa shape index (κ3) is 2.75. The van der Waals surface area contributed by atoms with Crippen molar-refractivity contribution in [2.24, 2.45) is 5.73 Å². The van der Waals surface area contributed by atoms with Gasteiger partial charge in [0.25, 0.3) is 5.91 Å². The number of rotatable bonds is 2. The highest BCUT2D eigenvalue weighted by atomic mass is 16.5. The lowest BCUT2D eigenvalue weighted by molar-refractivity contribution is 0.0864. The third-order valence-electron chi connectivity index (χ3n) is 4.24. The van der Waals surface area contributed by atoms with E-state index in [-0.39, 0.29) is 11.9 Å². The number of nitrogens with two attached hydrogens (primary N) is 1. The summed E-state index contributed by atoms with van der Waals surface area (Å²) >= 11 is 0. The molecule has 23 heavy (non-hydrogen) atoms. The third-order valence-corrected chi connectivity index (χ3v) is 4.24. The number of morpholine rings is 1. The number of nitrogens with zero attached hydrogens (tertiary/aromatic N) is 2. The first-order valence-corrected chi connectivity index (χ1v) is 7.56. The molecule has 0 bridgehead atoms. The number of ether oxygens (including phenoxy) is 1. The van der Waals surface area contributed by atoms with E-state index in [1.165, 1.54) is 7.05 Å². The van der Waals surface area contributed by atoms with Crippen LogP contribution in [0.5, 0.6) is 0 Å². The SMILES string of the molecule is Cc1ccc(N2CCOCC2)c2[nH]c(C(=O)N(C)C(=N)N)cc12. The summed E-state index contributed by atoms with van der Waals surface area (Å²) in [5.41, 5.74) is 8.93. The first-order chi connectivity index (χ1) is 11.0. The van der Waals surface area contributed by atoms with Gasteiger partial charge in [0.05, 0.1) is 24.4 Å². The van der Waals surface area contributed by atoms with Gasteiger partial charge in [0.15, 0.2) is 5.96 Å². The maximum atomic E-state index is 12.4. The fourth-order valence-electron chi connectivity index (χ4n) is 2.82. The molecule has 1 aliphatic rings. The number of anilines is 1. The Morgan fingerprint density at radius 2 is 2.09 bits per heavy atom. The van der Waals surface area contributed by atoms with Crippen molar-refractivity contribution in [2.75, 3.05) is 38.3 Å². The zero-order chi connectivity index (χ0) is 16.6. The predicted molar refractivity (Wildman–Crippen MR) is 90.1 cm³/mol. The normalized spacial score (nSPS) is 15.0. The molecule has 0 saturated carbocycles. The minimum Gasteiger partial charge on any atom is -0.378 e. The maximum absolute atomic E-state index is 12.4. The van der Waals surface area contributed by atoms with Crippen molar-refractivity contribution in [3.8, 4) is 0 Å². The lowest BCUT2D eigenvalue weighted by atomic mass is 10.1. The number of carbonyl (C=O) groups excluding carboxylic acids is 1. The van der Waals surface area contributed by atoms with Gasteiger partial charge in [0, 0.05) is 25.5 Å². The fourth-order valence-corrected chi connectivity index (χ4v) is 2.82. The molecule has 0 unspecified atom stereocenters. The van der Waals surface area contributed by atoms with Crippen molar-refractivity contribution in [1.29, 1.82) is 5.41 Å². The van der Waals surface area contributed by atoms with Gasteiger partial charge >= 0.3 is 0 Å². The average molecular weight is 315 g/mol. The lowest BCUT2D eigenvalue weighted by Crippen LogP contribution is -2.38. The average Bonchev–Trinajstić information content (AvgIpc) is 3.00. The first-order valence-electron chi connectivity index (χ1n) is 7.56. The van der Waals surface area contributed by atoms with Crippen LogP contribution in [0.25, 0.3) is 10.9 Å². The van der Waals surface area contributed by atoms with Crippen LogP contribution in [0.2, 0.25) is 0 Å². The summed E-state index contributed by atoms with van der Waals surface area (Å²) in [5, 5.41) is 8.41. The molecule has 2 heterocycles. The van der Waals surface area contributed by atoms with Crippen molar-refractivity contribution in [2.45, 2.75) is 6.92 Å². The number of nitrogens with one attached hydrogen (secondary N) is 2. The molecule has 1 aromatic carbocycles. The molecule has 3 rings (SSSR count). The van der Waals surface area contributed by atoms with E-state index < -0.39 is 0 Å². The number of fused-ring (bicyclic) bond motifs is 1. The number of aryl methyl sites for hydroxylation is 1. The van der Waals surface area contributed by atoms with Crippen LogP contribution in [0.3, 0.4) is 0 Å². The number of guanidine groups is 1. The number of benzene rings is 1. The molecule has 1 fully saturated rings. The van der Waals surface area contributed by atoms with E-state index in [0.717, 1.165) is 40.1 Å². The highest BCUT2D eigenvalue weighted by Crippen LogP contribution is 2.30. The topological polar surface area (TPSA) is 98.4 Å². The van der Waals surface area contributed by atoms with E-state index in [1.54, 1.807) is 0 Å². The molecule has 2 aromatic rings. The molecule has 4 N–H and O–H groups in total. The van der Waals surface area contributed by atoms with Crippen molar-refractivity contribution in [3.63, 3.8) is 0 Å². The van der Waals surface area contributed by atoms with Gasteiger partial charge in [0.1, 0.15) is 5.69 Å². The standard InChI is InChI=1S/C16H21N5O2/c1-10-3-4-13(21-5-7-23-8-6-21)14-11(10)9-12(19-14)15(22)20(2)16(17)18/h3-4,9,19H,5-8H2,1-2H3,(H3,17,18). The molecule has 1 aromatic heterocycles. The molecular formula is C16H21N5O2. The molecule has 1 amide bonds. The van der Waals surface area contributed by atoms with E-state index in [4.69, 9.17) is 15.9 Å². The molecule has 1 saturated heterocycles. The van der Waals surface area contributed by atoms with Crippen molar-refractivity contribution in [1.82, 2.24) is 9.88 Å². The second kappa shape index (κ2) is 5.92. The first kappa shape index (κ1) is 15.4. The summed E-state index contributed by atoms with van der Waals surface area (Å²) in [6, 6.07) is 5.96. The maximum Gasteiger partial charge on any atom is 0.276 e. The second-order valence-corrected chi connectivity index (χ2v) is 5.72. The Labute approximate surface area is 134 Å². The number of aromatic nitrogens is 1. The number of hydrogen-bond donors (Lipinski definition) is 3. The van der Waals surface area contributed by atoms with Gasteiger partial charge in [-0.1, -0.05) is 6.07 Å².